The Bertz CT molecular complexity index is 1110. The average Bonchev–Trinajstić information content (AvgIpc) is 3.13. The van der Waals surface area contributed by atoms with Crippen LogP contribution in [0.2, 0.25) is 5.02 Å². The molecule has 1 atom stereocenters. The minimum Gasteiger partial charge on any atom is -0.488 e. The number of benzene rings is 3. The molecule has 3 aromatic carbocycles. The van der Waals surface area contributed by atoms with Crippen molar-refractivity contribution in [3.63, 3.8) is 0 Å². The van der Waals surface area contributed by atoms with Crippen molar-refractivity contribution in [3.8, 4) is 11.5 Å². The molecule has 0 N–H and O–H groups in total. The molecule has 3 aromatic rings. The van der Waals surface area contributed by atoms with E-state index < -0.39 is 0 Å². The molecule has 0 bridgehead atoms. The van der Waals surface area contributed by atoms with E-state index in [9.17, 15) is 0 Å². The highest BCUT2D eigenvalue weighted by atomic mass is 79.9. The lowest BCUT2D eigenvalue weighted by molar-refractivity contribution is 0.0206. The number of hydrogen-bond donors (Lipinski definition) is 0. The molecule has 1 saturated heterocycles. The second kappa shape index (κ2) is 8.60. The van der Waals surface area contributed by atoms with Gasteiger partial charge in [0.25, 0.3) is 0 Å². The van der Waals surface area contributed by atoms with Crippen molar-refractivity contribution >= 4 is 38.3 Å². The number of morpholine rings is 1. The molecule has 6 heteroatoms. The third-order valence-corrected chi connectivity index (χ3v) is 6.58. The number of ether oxygens (including phenoxy) is 3. The second-order valence-corrected chi connectivity index (χ2v) is 8.58. The van der Waals surface area contributed by atoms with E-state index in [1.807, 2.05) is 42.5 Å². The molecule has 0 aliphatic carbocycles. The maximum atomic E-state index is 6.28. The Balaban J connectivity index is 1.39. The second-order valence-electron chi connectivity index (χ2n) is 7.35. The normalized spacial score (nSPS) is 20.3. The van der Waals surface area contributed by atoms with Gasteiger partial charge < -0.3 is 14.2 Å². The van der Waals surface area contributed by atoms with Gasteiger partial charge in [-0.1, -0.05) is 41.9 Å². The van der Waals surface area contributed by atoms with Gasteiger partial charge in [-0.05, 0) is 57.0 Å². The number of halogens is 2. The van der Waals surface area contributed by atoms with Crippen LogP contribution >= 0.6 is 27.5 Å². The van der Waals surface area contributed by atoms with Crippen molar-refractivity contribution in [2.75, 3.05) is 32.9 Å². The van der Waals surface area contributed by atoms with Gasteiger partial charge >= 0.3 is 0 Å². The van der Waals surface area contributed by atoms with Crippen LogP contribution in [0.1, 0.15) is 11.6 Å². The van der Waals surface area contributed by atoms with Gasteiger partial charge in [-0.25, -0.2) is 0 Å². The van der Waals surface area contributed by atoms with E-state index in [4.69, 9.17) is 25.8 Å². The lowest BCUT2D eigenvalue weighted by Gasteiger charge is -2.32. The minimum atomic E-state index is 0.0336. The summed E-state index contributed by atoms with van der Waals surface area (Å²) in [5.41, 5.74) is 1.10. The summed E-state index contributed by atoms with van der Waals surface area (Å²) in [5.74, 6) is 2.55. The van der Waals surface area contributed by atoms with Crippen LogP contribution in [0.3, 0.4) is 0 Å². The molecule has 1 fully saturated rings. The molecule has 0 saturated carbocycles. The molecular formula is C24H21BrClNO3. The third-order valence-electron chi connectivity index (χ3n) is 5.53. The summed E-state index contributed by atoms with van der Waals surface area (Å²) in [5, 5.41) is 3.02. The zero-order valence-electron chi connectivity index (χ0n) is 16.3. The van der Waals surface area contributed by atoms with Crippen LogP contribution in [0.25, 0.3) is 10.8 Å². The largest absolute Gasteiger partial charge is 0.488 e. The molecule has 0 aromatic heterocycles. The standard InChI is InChI=1S/C24H21BrClNO3/c25-23-18-4-2-1-3-16(18)5-7-21(23)29-12-9-22-24(27-10-13-28-14-11-27)19-15-17(26)6-8-20(19)30-22/h1-9,15,24H,10-14H2/b22-9+/t24-/m0/s1. The zero-order chi connectivity index (χ0) is 20.5. The van der Waals surface area contributed by atoms with Crippen LogP contribution < -0.4 is 9.47 Å². The van der Waals surface area contributed by atoms with Crippen LogP contribution in [-0.2, 0) is 4.74 Å². The summed E-state index contributed by atoms with van der Waals surface area (Å²) in [7, 11) is 0. The summed E-state index contributed by atoms with van der Waals surface area (Å²) in [6, 6.07) is 18.1. The highest BCUT2D eigenvalue weighted by Gasteiger charge is 2.35. The van der Waals surface area contributed by atoms with Crippen molar-refractivity contribution in [1.82, 2.24) is 4.90 Å². The first kappa shape index (κ1) is 19.9. The number of hydrogen-bond acceptors (Lipinski definition) is 4. The molecule has 2 aliphatic rings. The van der Waals surface area contributed by atoms with Crippen molar-refractivity contribution in [2.45, 2.75) is 6.04 Å². The summed E-state index contributed by atoms with van der Waals surface area (Å²) in [6.07, 6.45) is 2.02. The van der Waals surface area contributed by atoms with Gasteiger partial charge in [0.1, 0.15) is 23.9 Å². The first-order chi connectivity index (χ1) is 14.7. The van der Waals surface area contributed by atoms with Gasteiger partial charge in [0.15, 0.2) is 0 Å². The fraction of sp³-hybridized carbons (Fsp3) is 0.250. The molecule has 30 heavy (non-hydrogen) atoms. The molecule has 0 unspecified atom stereocenters. The van der Waals surface area contributed by atoms with Crippen LogP contribution in [-0.4, -0.2) is 37.8 Å². The monoisotopic (exact) mass is 485 g/mol. The van der Waals surface area contributed by atoms with Gasteiger partial charge in [0, 0.05) is 23.7 Å². The smallest absolute Gasteiger partial charge is 0.134 e. The SMILES string of the molecule is Clc1ccc2c(c1)[C@H](N1CCOCC1)/C(=C\COc1ccc3ccccc3c1Br)O2. The summed E-state index contributed by atoms with van der Waals surface area (Å²) in [6.45, 7) is 3.57. The maximum absolute atomic E-state index is 6.28. The number of nitrogens with zero attached hydrogens (tertiary/aromatic N) is 1. The molecule has 2 heterocycles. The summed E-state index contributed by atoms with van der Waals surface area (Å²) < 4.78 is 18.8. The van der Waals surface area contributed by atoms with Gasteiger partial charge in [0.2, 0.25) is 0 Å². The Morgan fingerprint density at radius 1 is 1.10 bits per heavy atom. The minimum absolute atomic E-state index is 0.0336. The molecule has 0 radical (unpaired) electrons. The van der Waals surface area contributed by atoms with Gasteiger partial charge in [-0.15, -0.1) is 0 Å². The van der Waals surface area contributed by atoms with E-state index in [-0.39, 0.29) is 6.04 Å². The first-order valence-corrected chi connectivity index (χ1v) is 11.2. The summed E-state index contributed by atoms with van der Waals surface area (Å²) >= 11 is 9.96. The lowest BCUT2D eigenvalue weighted by atomic mass is 10.0. The molecular weight excluding hydrogens is 466 g/mol. The Morgan fingerprint density at radius 2 is 1.93 bits per heavy atom. The van der Waals surface area contributed by atoms with Crippen LogP contribution in [0.15, 0.2) is 70.9 Å². The lowest BCUT2D eigenvalue weighted by Crippen LogP contribution is -2.39. The highest BCUT2D eigenvalue weighted by Crippen LogP contribution is 2.44. The summed E-state index contributed by atoms with van der Waals surface area (Å²) in [4.78, 5) is 2.38. The molecule has 2 aliphatic heterocycles. The van der Waals surface area contributed by atoms with Gasteiger partial charge in [-0.2, -0.15) is 0 Å². The highest BCUT2D eigenvalue weighted by molar-refractivity contribution is 9.10. The topological polar surface area (TPSA) is 30.9 Å². The Kier molecular flexibility index (Phi) is 5.70. The van der Waals surface area contributed by atoms with Gasteiger partial charge in [0.05, 0.1) is 23.7 Å². The Hall–Kier alpha value is -2.05. The predicted octanol–water partition coefficient (Wildman–Crippen LogP) is 5.98. The molecule has 5 rings (SSSR count). The van der Waals surface area contributed by atoms with Crippen LogP contribution in [0.5, 0.6) is 11.5 Å². The number of fused-ring (bicyclic) bond motifs is 2. The fourth-order valence-electron chi connectivity index (χ4n) is 4.07. The third kappa shape index (κ3) is 3.83. The van der Waals surface area contributed by atoms with Crippen molar-refractivity contribution in [2.24, 2.45) is 0 Å². The van der Waals surface area contributed by atoms with E-state index in [0.717, 1.165) is 59.0 Å². The Labute approximate surface area is 189 Å². The fourth-order valence-corrected chi connectivity index (χ4v) is 4.85. The maximum Gasteiger partial charge on any atom is 0.134 e. The van der Waals surface area contributed by atoms with Crippen LogP contribution in [0, 0.1) is 0 Å². The predicted molar refractivity (Wildman–Crippen MR) is 122 cm³/mol. The van der Waals surface area contributed by atoms with Crippen molar-refractivity contribution in [1.29, 1.82) is 0 Å². The quantitative estimate of drug-likeness (QED) is 0.454. The van der Waals surface area contributed by atoms with Crippen LogP contribution in [0.4, 0.5) is 0 Å². The van der Waals surface area contributed by atoms with Gasteiger partial charge in [-0.3, -0.25) is 4.90 Å². The zero-order valence-corrected chi connectivity index (χ0v) is 18.7. The van der Waals surface area contributed by atoms with E-state index in [2.05, 4.69) is 39.0 Å². The van der Waals surface area contributed by atoms with E-state index in [1.54, 1.807) is 0 Å². The molecule has 0 spiro atoms. The molecule has 154 valence electrons. The van der Waals surface area contributed by atoms with E-state index >= 15 is 0 Å². The van der Waals surface area contributed by atoms with Crippen molar-refractivity contribution in [3.05, 3.63) is 81.5 Å². The average molecular weight is 487 g/mol. The number of rotatable bonds is 4. The van der Waals surface area contributed by atoms with E-state index in [1.165, 1.54) is 5.39 Å². The van der Waals surface area contributed by atoms with E-state index in [0.29, 0.717) is 11.6 Å². The first-order valence-electron chi connectivity index (χ1n) is 10.00. The molecule has 4 nitrogen and oxygen atoms in total. The Morgan fingerprint density at radius 3 is 2.80 bits per heavy atom. The van der Waals surface area contributed by atoms with Crippen molar-refractivity contribution < 1.29 is 14.2 Å². The molecule has 0 amide bonds.